The summed E-state index contributed by atoms with van der Waals surface area (Å²) in [5.41, 5.74) is 0. The molecule has 72 valence electrons. The van der Waals surface area contributed by atoms with Crippen LogP contribution in [0.4, 0.5) is 0 Å². The number of ketones is 1. The Morgan fingerprint density at radius 3 is 0.700 bits per heavy atom. The fourth-order valence-corrected chi connectivity index (χ4v) is 0. The maximum Gasteiger partial charge on any atom is 0.126 e. The summed E-state index contributed by atoms with van der Waals surface area (Å²) in [6.45, 7) is 3.06. The Morgan fingerprint density at radius 2 is 0.700 bits per heavy atom. The molecule has 0 aromatic carbocycles. The third-order valence-electron chi connectivity index (χ3n) is 0. The summed E-state index contributed by atoms with van der Waals surface area (Å²) in [6, 6.07) is 0. The van der Waals surface area contributed by atoms with Crippen molar-refractivity contribution in [1.82, 2.24) is 0 Å². The van der Waals surface area contributed by atoms with Gasteiger partial charge in [-0.05, 0) is 13.8 Å². The highest BCUT2D eigenvalue weighted by Crippen LogP contribution is 1.50. The highest BCUT2D eigenvalue weighted by Gasteiger charge is 1.62. The van der Waals surface area contributed by atoms with E-state index in [1.54, 1.807) is 0 Å². The minimum Gasteiger partial charge on any atom is -0.300 e. The van der Waals surface area contributed by atoms with Crippen molar-refractivity contribution >= 4 is 80.2 Å². The van der Waals surface area contributed by atoms with Gasteiger partial charge >= 0.3 is 0 Å². The lowest BCUT2D eigenvalue weighted by Crippen LogP contribution is -1.69. The van der Waals surface area contributed by atoms with Gasteiger partial charge in [0.1, 0.15) is 5.78 Å². The van der Waals surface area contributed by atoms with E-state index in [0.717, 1.165) is 0 Å². The second-order valence-corrected chi connectivity index (χ2v) is 0.908. The van der Waals surface area contributed by atoms with E-state index in [-0.39, 0.29) is 80.2 Å². The SMILES string of the molecule is CC(C)=O.Cl.Cl.Cl.Cl.Cl.Cl. The van der Waals surface area contributed by atoms with Gasteiger partial charge in [-0.2, -0.15) is 0 Å². The maximum atomic E-state index is 9.44. The number of Topliss-reactive ketones (excluding diaryl/α,β-unsaturated/α-hetero) is 1. The molecule has 0 atom stereocenters. The average molecular weight is 277 g/mol. The Hall–Kier alpha value is 1.41. The summed E-state index contributed by atoms with van der Waals surface area (Å²) < 4.78 is 0. The van der Waals surface area contributed by atoms with E-state index in [2.05, 4.69) is 0 Å². The first-order chi connectivity index (χ1) is 1.73. The molecule has 0 saturated heterocycles. The molecule has 0 radical (unpaired) electrons. The first-order valence-corrected chi connectivity index (χ1v) is 1.20. The van der Waals surface area contributed by atoms with Crippen LogP contribution in [0.5, 0.6) is 0 Å². The van der Waals surface area contributed by atoms with Gasteiger partial charge in [0.25, 0.3) is 0 Å². The smallest absolute Gasteiger partial charge is 0.126 e. The minimum absolute atomic E-state index is 0. The van der Waals surface area contributed by atoms with E-state index >= 15 is 0 Å². The van der Waals surface area contributed by atoms with E-state index in [9.17, 15) is 4.79 Å². The lowest BCUT2D eigenvalue weighted by molar-refractivity contribution is -0.114. The van der Waals surface area contributed by atoms with E-state index in [1.165, 1.54) is 13.8 Å². The zero-order chi connectivity index (χ0) is 3.58. The van der Waals surface area contributed by atoms with Gasteiger partial charge in [-0.3, -0.25) is 0 Å². The van der Waals surface area contributed by atoms with Crippen LogP contribution in [0.15, 0.2) is 0 Å². The Balaban J connectivity index is -0.00000000300. The van der Waals surface area contributed by atoms with Gasteiger partial charge in [0.15, 0.2) is 0 Å². The highest BCUT2D eigenvalue weighted by atomic mass is 35.5. The highest BCUT2D eigenvalue weighted by molar-refractivity contribution is 5.86. The van der Waals surface area contributed by atoms with Crippen molar-refractivity contribution in [3.8, 4) is 0 Å². The van der Waals surface area contributed by atoms with Crippen molar-refractivity contribution in [2.75, 3.05) is 0 Å². The summed E-state index contributed by atoms with van der Waals surface area (Å²) in [5, 5.41) is 0. The van der Waals surface area contributed by atoms with Crippen molar-refractivity contribution in [3.05, 3.63) is 0 Å². The van der Waals surface area contributed by atoms with Crippen LogP contribution in [0.1, 0.15) is 13.8 Å². The molecular formula is C3H12Cl6O. The van der Waals surface area contributed by atoms with Gasteiger partial charge in [0.05, 0.1) is 0 Å². The molecule has 0 amide bonds. The summed E-state index contributed by atoms with van der Waals surface area (Å²) in [7, 11) is 0. The average Bonchev–Trinajstić information content (AvgIpc) is 0.811. The Bertz CT molecular complexity index is 36.0. The molecule has 0 aromatic rings. The molecule has 0 aliphatic carbocycles. The molecule has 10 heavy (non-hydrogen) atoms. The van der Waals surface area contributed by atoms with E-state index < -0.39 is 0 Å². The van der Waals surface area contributed by atoms with Crippen LogP contribution in [-0.2, 0) is 4.79 Å². The zero-order valence-electron chi connectivity index (χ0n) is 5.36. The number of carbonyl (C=O) groups is 1. The normalized spacial score (nSPS) is 2.60. The Morgan fingerprint density at radius 1 is 0.700 bits per heavy atom. The second kappa shape index (κ2) is 47.4. The molecule has 0 rings (SSSR count). The van der Waals surface area contributed by atoms with Crippen molar-refractivity contribution < 1.29 is 4.79 Å². The van der Waals surface area contributed by atoms with Gasteiger partial charge in [-0.15, -0.1) is 74.4 Å². The van der Waals surface area contributed by atoms with Gasteiger partial charge in [0, 0.05) is 0 Å². The van der Waals surface area contributed by atoms with Crippen LogP contribution in [-0.4, -0.2) is 5.78 Å². The molecular weight excluding hydrogens is 265 g/mol. The fraction of sp³-hybridized carbons (Fsp3) is 0.667. The second-order valence-electron chi connectivity index (χ2n) is 0.908. The van der Waals surface area contributed by atoms with Gasteiger partial charge in [0.2, 0.25) is 0 Å². The van der Waals surface area contributed by atoms with Crippen LogP contribution in [0.2, 0.25) is 0 Å². The summed E-state index contributed by atoms with van der Waals surface area (Å²) in [5.74, 6) is 0.167. The molecule has 0 aliphatic heterocycles. The maximum absolute atomic E-state index is 9.44. The zero-order valence-corrected chi connectivity index (χ0v) is 10.3. The van der Waals surface area contributed by atoms with Crippen LogP contribution in [0.25, 0.3) is 0 Å². The molecule has 0 aliphatic rings. The monoisotopic (exact) mass is 274 g/mol. The number of halogens is 6. The summed E-state index contributed by atoms with van der Waals surface area (Å²) in [4.78, 5) is 9.44. The molecule has 0 spiro atoms. The van der Waals surface area contributed by atoms with E-state index in [1.807, 2.05) is 0 Å². The number of carbonyl (C=O) groups excluding carboxylic acids is 1. The van der Waals surface area contributed by atoms with E-state index in [4.69, 9.17) is 0 Å². The predicted octanol–water partition coefficient (Wildman–Crippen LogP) is 3.13. The lowest BCUT2D eigenvalue weighted by Gasteiger charge is -1.56. The van der Waals surface area contributed by atoms with Gasteiger partial charge < -0.3 is 4.79 Å². The Kier molecular flexibility index (Phi) is 301. The van der Waals surface area contributed by atoms with Crippen LogP contribution in [0.3, 0.4) is 0 Å². The summed E-state index contributed by atoms with van der Waals surface area (Å²) >= 11 is 0. The molecule has 0 saturated carbocycles. The van der Waals surface area contributed by atoms with Crippen LogP contribution in [0, 0.1) is 0 Å². The molecule has 0 N–H and O–H groups in total. The minimum atomic E-state index is 0. The van der Waals surface area contributed by atoms with Crippen molar-refractivity contribution in [1.29, 1.82) is 0 Å². The van der Waals surface area contributed by atoms with Gasteiger partial charge in [-0.1, -0.05) is 0 Å². The quantitative estimate of drug-likeness (QED) is 0.664. The van der Waals surface area contributed by atoms with Crippen molar-refractivity contribution in [2.24, 2.45) is 0 Å². The predicted molar refractivity (Wildman–Crippen MR) is 59.8 cm³/mol. The molecule has 0 heterocycles. The number of rotatable bonds is 0. The largest absolute Gasteiger partial charge is 0.300 e. The number of hydrogen-bond acceptors (Lipinski definition) is 1. The molecule has 1 nitrogen and oxygen atoms in total. The summed E-state index contributed by atoms with van der Waals surface area (Å²) in [6.07, 6.45) is 0. The molecule has 0 aromatic heterocycles. The van der Waals surface area contributed by atoms with Gasteiger partial charge in [-0.25, -0.2) is 0 Å². The topological polar surface area (TPSA) is 17.1 Å². The standard InChI is InChI=1S/C3H6O.6ClH/c1-3(2)4;;;;;;/h1-2H3;6*1H. The molecule has 0 fully saturated rings. The first-order valence-electron chi connectivity index (χ1n) is 1.20. The van der Waals surface area contributed by atoms with E-state index in [0.29, 0.717) is 0 Å². The van der Waals surface area contributed by atoms with Crippen LogP contribution < -0.4 is 0 Å². The molecule has 0 unspecified atom stereocenters. The third kappa shape index (κ3) is 335. The third-order valence-corrected chi connectivity index (χ3v) is 0. The molecule has 7 heteroatoms. The number of hydrogen-bond donors (Lipinski definition) is 0. The van der Waals surface area contributed by atoms with Crippen molar-refractivity contribution in [2.45, 2.75) is 13.8 Å². The lowest BCUT2D eigenvalue weighted by atomic mass is 10.6. The fourth-order valence-electron chi connectivity index (χ4n) is 0. The molecule has 0 bridgehead atoms. The van der Waals surface area contributed by atoms with Crippen LogP contribution >= 0.6 is 74.4 Å². The first kappa shape index (κ1) is 63.6. The van der Waals surface area contributed by atoms with Crippen molar-refractivity contribution in [3.63, 3.8) is 0 Å². The Labute approximate surface area is 98.5 Å².